The van der Waals surface area contributed by atoms with Gasteiger partial charge in [0.1, 0.15) is 5.82 Å². The molecule has 4 aromatic rings. The van der Waals surface area contributed by atoms with Gasteiger partial charge in [0.2, 0.25) is 0 Å². The Morgan fingerprint density at radius 3 is 2.73 bits per heavy atom. The molecule has 0 saturated carbocycles. The van der Waals surface area contributed by atoms with E-state index in [0.717, 1.165) is 40.9 Å². The molecule has 1 amide bonds. The summed E-state index contributed by atoms with van der Waals surface area (Å²) in [7, 11) is 4.04. The van der Waals surface area contributed by atoms with E-state index in [1.807, 2.05) is 56.6 Å². The molecular weight excluding hydrogens is 378 g/mol. The Kier molecular flexibility index (Phi) is 5.67. The molecule has 152 valence electrons. The Morgan fingerprint density at radius 1 is 1.10 bits per heavy atom. The van der Waals surface area contributed by atoms with E-state index in [0.29, 0.717) is 11.4 Å². The third kappa shape index (κ3) is 4.44. The predicted octanol–water partition coefficient (Wildman–Crippen LogP) is 3.25. The first-order valence-electron chi connectivity index (χ1n) is 9.65. The summed E-state index contributed by atoms with van der Waals surface area (Å²) < 4.78 is 0. The lowest BCUT2D eigenvalue weighted by Crippen LogP contribution is -2.21. The van der Waals surface area contributed by atoms with Crippen LogP contribution in [0.25, 0.3) is 22.0 Å². The minimum atomic E-state index is -0.292. The van der Waals surface area contributed by atoms with Gasteiger partial charge in [-0.3, -0.25) is 14.9 Å². The number of aromatic amines is 1. The SMILES string of the molecule is CN(C)CCNc1ccc(NC(=O)c2n[nH]c3ccc(-c4cccnc4)cc23)cn1. The third-order valence-corrected chi connectivity index (χ3v) is 4.66. The Bertz CT molecular complexity index is 1140. The fraction of sp³-hybridized carbons (Fsp3) is 0.182. The van der Waals surface area contributed by atoms with Gasteiger partial charge in [0.05, 0.1) is 17.4 Å². The number of carbonyl (C=O) groups is 1. The molecule has 0 atom stereocenters. The van der Waals surface area contributed by atoms with Crippen LogP contribution in [0.5, 0.6) is 0 Å². The quantitative estimate of drug-likeness (QED) is 0.440. The first-order chi connectivity index (χ1) is 14.6. The molecule has 0 saturated heterocycles. The summed E-state index contributed by atoms with van der Waals surface area (Å²) in [5.74, 6) is 0.473. The summed E-state index contributed by atoms with van der Waals surface area (Å²) in [5.41, 5.74) is 3.70. The van der Waals surface area contributed by atoms with E-state index >= 15 is 0 Å². The molecule has 4 rings (SSSR count). The highest BCUT2D eigenvalue weighted by Crippen LogP contribution is 2.25. The van der Waals surface area contributed by atoms with Gasteiger partial charge in [-0.2, -0.15) is 5.10 Å². The minimum Gasteiger partial charge on any atom is -0.369 e. The van der Waals surface area contributed by atoms with Crippen molar-refractivity contribution < 1.29 is 4.79 Å². The number of nitrogens with one attached hydrogen (secondary N) is 3. The zero-order chi connectivity index (χ0) is 20.9. The molecular formula is C22H23N7O. The first-order valence-corrected chi connectivity index (χ1v) is 9.65. The second-order valence-electron chi connectivity index (χ2n) is 7.19. The smallest absolute Gasteiger partial charge is 0.276 e. The van der Waals surface area contributed by atoms with Gasteiger partial charge in [0, 0.05) is 36.4 Å². The molecule has 0 radical (unpaired) electrons. The van der Waals surface area contributed by atoms with Crippen molar-refractivity contribution >= 4 is 28.3 Å². The van der Waals surface area contributed by atoms with Gasteiger partial charge < -0.3 is 15.5 Å². The number of rotatable bonds is 7. The van der Waals surface area contributed by atoms with Gasteiger partial charge in [0.15, 0.2) is 5.69 Å². The molecule has 8 heteroatoms. The Balaban J connectivity index is 1.49. The van der Waals surface area contributed by atoms with E-state index in [9.17, 15) is 4.79 Å². The third-order valence-electron chi connectivity index (χ3n) is 4.66. The highest BCUT2D eigenvalue weighted by Gasteiger charge is 2.15. The van der Waals surface area contributed by atoms with Crippen LogP contribution in [0.1, 0.15) is 10.5 Å². The molecule has 0 bridgehead atoms. The van der Waals surface area contributed by atoms with Gasteiger partial charge in [-0.1, -0.05) is 12.1 Å². The molecule has 0 fully saturated rings. The second kappa shape index (κ2) is 8.71. The summed E-state index contributed by atoms with van der Waals surface area (Å²) >= 11 is 0. The second-order valence-corrected chi connectivity index (χ2v) is 7.19. The van der Waals surface area contributed by atoms with Crippen molar-refractivity contribution in [3.8, 4) is 11.1 Å². The Labute approximate surface area is 174 Å². The molecule has 8 nitrogen and oxygen atoms in total. The van der Waals surface area contributed by atoms with Crippen molar-refractivity contribution in [2.75, 3.05) is 37.8 Å². The van der Waals surface area contributed by atoms with Gasteiger partial charge in [-0.25, -0.2) is 4.98 Å². The number of amides is 1. The molecule has 1 aromatic carbocycles. The topological polar surface area (TPSA) is 98.8 Å². The summed E-state index contributed by atoms with van der Waals surface area (Å²) in [6, 6.07) is 13.4. The summed E-state index contributed by atoms with van der Waals surface area (Å²) in [6.07, 6.45) is 5.16. The van der Waals surface area contributed by atoms with Crippen molar-refractivity contribution in [3.05, 3.63) is 66.7 Å². The van der Waals surface area contributed by atoms with Crippen molar-refractivity contribution in [1.29, 1.82) is 0 Å². The van der Waals surface area contributed by atoms with Crippen LogP contribution >= 0.6 is 0 Å². The number of benzene rings is 1. The maximum absolute atomic E-state index is 12.8. The highest BCUT2D eigenvalue weighted by molar-refractivity contribution is 6.11. The molecule has 0 aliphatic rings. The number of anilines is 2. The fourth-order valence-electron chi connectivity index (χ4n) is 3.07. The number of likely N-dealkylation sites (N-methyl/N-ethyl adjacent to an activating group) is 1. The first kappa shape index (κ1) is 19.5. The normalized spacial score (nSPS) is 11.0. The molecule has 0 aliphatic carbocycles. The van der Waals surface area contributed by atoms with Crippen LogP contribution in [0.15, 0.2) is 61.1 Å². The number of carbonyl (C=O) groups excluding carboxylic acids is 1. The fourth-order valence-corrected chi connectivity index (χ4v) is 3.07. The maximum atomic E-state index is 12.8. The zero-order valence-corrected chi connectivity index (χ0v) is 16.9. The molecule has 0 spiro atoms. The average Bonchev–Trinajstić information content (AvgIpc) is 3.19. The number of aromatic nitrogens is 4. The van der Waals surface area contributed by atoms with E-state index in [1.54, 1.807) is 18.6 Å². The van der Waals surface area contributed by atoms with Crippen LogP contribution in [0.4, 0.5) is 11.5 Å². The largest absolute Gasteiger partial charge is 0.369 e. The van der Waals surface area contributed by atoms with Crippen LogP contribution in [-0.4, -0.2) is 58.2 Å². The van der Waals surface area contributed by atoms with Crippen LogP contribution in [0.2, 0.25) is 0 Å². The van der Waals surface area contributed by atoms with E-state index in [4.69, 9.17) is 0 Å². The number of pyridine rings is 2. The predicted molar refractivity (Wildman–Crippen MR) is 119 cm³/mol. The van der Waals surface area contributed by atoms with Crippen LogP contribution in [-0.2, 0) is 0 Å². The maximum Gasteiger partial charge on any atom is 0.276 e. The molecule has 3 heterocycles. The van der Waals surface area contributed by atoms with Gasteiger partial charge in [-0.05, 0) is 50.0 Å². The van der Waals surface area contributed by atoms with Crippen LogP contribution < -0.4 is 10.6 Å². The van der Waals surface area contributed by atoms with Crippen molar-refractivity contribution in [1.82, 2.24) is 25.1 Å². The zero-order valence-electron chi connectivity index (χ0n) is 16.9. The Hall–Kier alpha value is -3.78. The van der Waals surface area contributed by atoms with Crippen molar-refractivity contribution in [2.24, 2.45) is 0 Å². The van der Waals surface area contributed by atoms with Crippen molar-refractivity contribution in [2.45, 2.75) is 0 Å². The summed E-state index contributed by atoms with van der Waals surface area (Å²) in [4.78, 5) is 23.4. The van der Waals surface area contributed by atoms with Gasteiger partial charge in [-0.15, -0.1) is 0 Å². The van der Waals surface area contributed by atoms with Gasteiger partial charge >= 0.3 is 0 Å². The highest BCUT2D eigenvalue weighted by atomic mass is 16.1. The molecule has 30 heavy (non-hydrogen) atoms. The monoisotopic (exact) mass is 401 g/mol. The van der Waals surface area contributed by atoms with E-state index in [2.05, 4.69) is 35.7 Å². The minimum absolute atomic E-state index is 0.292. The lowest BCUT2D eigenvalue weighted by molar-refractivity contribution is 0.102. The van der Waals surface area contributed by atoms with E-state index in [1.165, 1.54) is 0 Å². The Morgan fingerprint density at radius 2 is 2.00 bits per heavy atom. The summed E-state index contributed by atoms with van der Waals surface area (Å²) in [6.45, 7) is 1.71. The van der Waals surface area contributed by atoms with Crippen LogP contribution in [0, 0.1) is 0 Å². The number of nitrogens with zero attached hydrogens (tertiary/aromatic N) is 4. The van der Waals surface area contributed by atoms with Gasteiger partial charge in [0.25, 0.3) is 5.91 Å². The standard InChI is InChI=1S/C22H23N7O/c1-29(2)11-10-24-20-8-6-17(14-25-20)26-22(30)21-18-12-15(5-7-19(18)27-28-21)16-4-3-9-23-13-16/h3-9,12-14H,10-11H2,1-2H3,(H,24,25)(H,26,30)(H,27,28). The number of H-pyrrole nitrogens is 1. The molecule has 0 aliphatic heterocycles. The molecule has 3 N–H and O–H groups in total. The lowest BCUT2D eigenvalue weighted by atomic mass is 10.0. The molecule has 3 aromatic heterocycles. The molecule has 0 unspecified atom stereocenters. The number of fused-ring (bicyclic) bond motifs is 1. The van der Waals surface area contributed by atoms with Crippen molar-refractivity contribution in [3.63, 3.8) is 0 Å². The lowest BCUT2D eigenvalue weighted by Gasteiger charge is -2.11. The van der Waals surface area contributed by atoms with Crippen LogP contribution in [0.3, 0.4) is 0 Å². The average molecular weight is 401 g/mol. The van der Waals surface area contributed by atoms with E-state index < -0.39 is 0 Å². The summed E-state index contributed by atoms with van der Waals surface area (Å²) in [5, 5.41) is 14.0. The number of hydrogen-bond acceptors (Lipinski definition) is 6. The van der Waals surface area contributed by atoms with E-state index in [-0.39, 0.29) is 5.91 Å². The number of hydrogen-bond donors (Lipinski definition) is 3.